The van der Waals surface area contributed by atoms with Crippen LogP contribution in [0.2, 0.25) is 0 Å². The highest BCUT2D eigenvalue weighted by molar-refractivity contribution is 5.64. The second-order valence-corrected chi connectivity index (χ2v) is 11.4. The molecule has 2 heterocycles. The summed E-state index contributed by atoms with van der Waals surface area (Å²) in [6.07, 6.45) is -1.77. The number of carbonyl (C=O) groups is 1. The number of ether oxygens (including phenoxy) is 3. The molecule has 1 aromatic carbocycles. The van der Waals surface area contributed by atoms with Crippen LogP contribution in [0.3, 0.4) is 0 Å². The largest absolute Gasteiger partial charge is 0.493 e. The summed E-state index contributed by atoms with van der Waals surface area (Å²) in [4.78, 5) is 14.2. The number of hydrogen-bond acceptors (Lipinski definition) is 6. The molecule has 6 nitrogen and oxygen atoms in total. The van der Waals surface area contributed by atoms with Crippen molar-refractivity contribution in [2.24, 2.45) is 23.5 Å². The number of carbonyl (C=O) groups excluding carboxylic acids is 1. The van der Waals surface area contributed by atoms with Gasteiger partial charge in [-0.2, -0.15) is 13.2 Å². The molecule has 0 aromatic heterocycles. The van der Waals surface area contributed by atoms with Crippen molar-refractivity contribution in [3.05, 3.63) is 23.3 Å². The SMILES string of the molecule is COc1cc2c(cc1OCCCC(F)(F)F)CCN1CC(CC(C)C)C(OC[C@](N)(C=O)C(C)C)CC21. The summed E-state index contributed by atoms with van der Waals surface area (Å²) in [6.45, 7) is 10.2. The Morgan fingerprint density at radius 2 is 1.92 bits per heavy atom. The average Bonchev–Trinajstić information content (AvgIpc) is 2.83. The lowest BCUT2D eigenvalue weighted by Crippen LogP contribution is -2.54. The fourth-order valence-corrected chi connectivity index (χ4v) is 5.44. The predicted molar refractivity (Wildman–Crippen MR) is 137 cm³/mol. The highest BCUT2D eigenvalue weighted by Crippen LogP contribution is 2.44. The molecule has 2 aliphatic rings. The number of fused-ring (bicyclic) bond motifs is 3. The third-order valence-electron chi connectivity index (χ3n) is 7.82. The lowest BCUT2D eigenvalue weighted by atomic mass is 9.78. The van der Waals surface area contributed by atoms with Crippen LogP contribution in [0, 0.1) is 17.8 Å². The Bertz CT molecular complexity index is 908. The molecule has 3 unspecified atom stereocenters. The number of rotatable bonds is 12. The van der Waals surface area contributed by atoms with Gasteiger partial charge in [-0.15, -0.1) is 0 Å². The smallest absolute Gasteiger partial charge is 0.389 e. The number of hydrogen-bond donors (Lipinski definition) is 1. The number of aldehydes is 1. The van der Waals surface area contributed by atoms with E-state index in [4.69, 9.17) is 19.9 Å². The van der Waals surface area contributed by atoms with Gasteiger partial charge in [-0.1, -0.05) is 27.7 Å². The van der Waals surface area contributed by atoms with Crippen LogP contribution in [-0.2, 0) is 16.0 Å². The first-order chi connectivity index (χ1) is 17.4. The van der Waals surface area contributed by atoms with Gasteiger partial charge in [-0.25, -0.2) is 0 Å². The maximum atomic E-state index is 12.5. The Hall–Kier alpha value is -1.84. The molecule has 0 saturated carbocycles. The number of methoxy groups -OCH3 is 1. The van der Waals surface area contributed by atoms with Crippen LogP contribution in [0.1, 0.15) is 70.5 Å². The van der Waals surface area contributed by atoms with Gasteiger partial charge in [0, 0.05) is 25.6 Å². The molecule has 0 radical (unpaired) electrons. The van der Waals surface area contributed by atoms with E-state index in [2.05, 4.69) is 18.7 Å². The van der Waals surface area contributed by atoms with E-state index in [1.165, 1.54) is 0 Å². The molecule has 37 heavy (non-hydrogen) atoms. The summed E-state index contributed by atoms with van der Waals surface area (Å²) in [5, 5.41) is 0. The second kappa shape index (κ2) is 12.3. The van der Waals surface area contributed by atoms with E-state index in [1.807, 2.05) is 26.0 Å². The van der Waals surface area contributed by atoms with Crippen molar-refractivity contribution < 1.29 is 32.2 Å². The number of halogens is 3. The lowest BCUT2D eigenvalue weighted by Gasteiger charge is -2.48. The van der Waals surface area contributed by atoms with Crippen LogP contribution in [0.15, 0.2) is 12.1 Å². The van der Waals surface area contributed by atoms with Crippen molar-refractivity contribution in [2.45, 2.75) is 83.7 Å². The number of piperidine rings is 1. The van der Waals surface area contributed by atoms with Gasteiger partial charge in [0.15, 0.2) is 11.5 Å². The summed E-state index contributed by atoms with van der Waals surface area (Å²) in [7, 11) is 1.54. The van der Waals surface area contributed by atoms with Crippen molar-refractivity contribution in [3.63, 3.8) is 0 Å². The predicted octanol–water partition coefficient (Wildman–Crippen LogP) is 5.32. The van der Waals surface area contributed by atoms with Crippen molar-refractivity contribution in [2.75, 3.05) is 33.4 Å². The quantitative estimate of drug-likeness (QED) is 0.292. The summed E-state index contributed by atoms with van der Waals surface area (Å²) in [5.41, 5.74) is 7.58. The fraction of sp³-hybridized carbons (Fsp3) is 0.750. The normalized spacial score (nSPS) is 23.9. The highest BCUT2D eigenvalue weighted by atomic mass is 19.4. The van der Waals surface area contributed by atoms with Gasteiger partial charge in [0.05, 0.1) is 32.0 Å². The standard InChI is InChI=1S/C28H43F3N2O4/c1-18(2)11-21-15-33-9-7-20-12-26(36-10-6-8-28(29,30)31)25(35-5)13-22(20)23(33)14-24(21)37-17-27(32,16-34)19(3)4/h12-13,16,18-19,21,23-24H,6-11,14-15,17,32H2,1-5H3/t21?,23?,24?,27-/m1/s1. The first kappa shape index (κ1) is 29.7. The van der Waals surface area contributed by atoms with Crippen LogP contribution in [0.5, 0.6) is 11.5 Å². The molecule has 2 N–H and O–H groups in total. The van der Waals surface area contributed by atoms with Crippen LogP contribution in [0.25, 0.3) is 0 Å². The molecule has 0 aliphatic carbocycles. The van der Waals surface area contributed by atoms with Crippen molar-refractivity contribution >= 4 is 6.29 Å². The molecule has 1 saturated heterocycles. The number of nitrogens with zero attached hydrogens (tertiary/aromatic N) is 1. The van der Waals surface area contributed by atoms with Gasteiger partial charge >= 0.3 is 6.18 Å². The first-order valence-electron chi connectivity index (χ1n) is 13.4. The molecular formula is C28H43F3N2O4. The van der Waals surface area contributed by atoms with E-state index < -0.39 is 18.1 Å². The fourth-order valence-electron chi connectivity index (χ4n) is 5.44. The Morgan fingerprint density at radius 3 is 2.51 bits per heavy atom. The zero-order valence-corrected chi connectivity index (χ0v) is 22.8. The molecule has 210 valence electrons. The highest BCUT2D eigenvalue weighted by Gasteiger charge is 2.41. The Labute approximate surface area is 219 Å². The van der Waals surface area contributed by atoms with Gasteiger partial charge in [-0.05, 0) is 66.7 Å². The third-order valence-corrected chi connectivity index (χ3v) is 7.82. The zero-order valence-electron chi connectivity index (χ0n) is 22.8. The van der Waals surface area contributed by atoms with Gasteiger partial charge in [0.1, 0.15) is 6.29 Å². The Balaban J connectivity index is 1.80. The van der Waals surface area contributed by atoms with E-state index >= 15 is 0 Å². The summed E-state index contributed by atoms with van der Waals surface area (Å²) in [5.74, 6) is 1.81. The van der Waals surface area contributed by atoms with E-state index in [0.29, 0.717) is 23.3 Å². The first-order valence-corrected chi connectivity index (χ1v) is 13.4. The van der Waals surface area contributed by atoms with Gasteiger partial charge in [-0.3, -0.25) is 4.90 Å². The van der Waals surface area contributed by atoms with Gasteiger partial charge in [0.2, 0.25) is 0 Å². The van der Waals surface area contributed by atoms with Gasteiger partial charge in [0.25, 0.3) is 0 Å². The molecule has 0 amide bonds. The van der Waals surface area contributed by atoms with Crippen LogP contribution in [0.4, 0.5) is 13.2 Å². The topological polar surface area (TPSA) is 74.0 Å². The zero-order chi connectivity index (χ0) is 27.4. The van der Waals surface area contributed by atoms with Crippen LogP contribution in [-0.4, -0.2) is 62.4 Å². The maximum absolute atomic E-state index is 12.5. The average molecular weight is 529 g/mol. The van der Waals surface area contributed by atoms with E-state index in [9.17, 15) is 18.0 Å². The number of benzene rings is 1. The second-order valence-electron chi connectivity index (χ2n) is 11.4. The van der Waals surface area contributed by atoms with Gasteiger partial charge < -0.3 is 24.7 Å². The Kier molecular flexibility index (Phi) is 9.91. The van der Waals surface area contributed by atoms with Crippen molar-refractivity contribution in [1.82, 2.24) is 4.90 Å². The molecule has 0 bridgehead atoms. The summed E-state index contributed by atoms with van der Waals surface area (Å²) in [6, 6.07) is 4.01. The molecule has 1 fully saturated rings. The molecule has 2 aliphatic heterocycles. The van der Waals surface area contributed by atoms with Crippen LogP contribution < -0.4 is 15.2 Å². The Morgan fingerprint density at radius 1 is 1.19 bits per heavy atom. The van der Waals surface area contributed by atoms with E-state index in [-0.39, 0.29) is 37.7 Å². The number of alkyl halides is 3. The lowest BCUT2D eigenvalue weighted by molar-refractivity contribution is -0.136. The molecular weight excluding hydrogens is 485 g/mol. The summed E-state index contributed by atoms with van der Waals surface area (Å²) < 4.78 is 55.2. The minimum absolute atomic E-state index is 0.0234. The number of nitrogens with two attached hydrogens (primary N) is 1. The molecule has 1 aromatic rings. The molecule has 0 spiro atoms. The van der Waals surface area contributed by atoms with E-state index in [0.717, 1.165) is 49.8 Å². The minimum Gasteiger partial charge on any atom is -0.493 e. The molecule has 4 atom stereocenters. The molecule has 9 heteroatoms. The van der Waals surface area contributed by atoms with E-state index in [1.54, 1.807) is 7.11 Å². The van der Waals surface area contributed by atoms with Crippen molar-refractivity contribution in [3.8, 4) is 11.5 Å². The minimum atomic E-state index is -4.19. The summed E-state index contributed by atoms with van der Waals surface area (Å²) >= 11 is 0. The molecule has 3 rings (SSSR count). The monoisotopic (exact) mass is 528 g/mol. The van der Waals surface area contributed by atoms with Crippen LogP contribution >= 0.6 is 0 Å². The maximum Gasteiger partial charge on any atom is 0.389 e. The van der Waals surface area contributed by atoms with Crippen molar-refractivity contribution in [1.29, 1.82) is 0 Å². The third kappa shape index (κ3) is 7.60.